The maximum absolute atomic E-state index is 13.4. The van der Waals surface area contributed by atoms with Gasteiger partial charge in [0, 0.05) is 18.1 Å². The summed E-state index contributed by atoms with van der Waals surface area (Å²) in [5.41, 5.74) is 1.29. The molecule has 0 radical (unpaired) electrons. The zero-order chi connectivity index (χ0) is 20.3. The van der Waals surface area contributed by atoms with Gasteiger partial charge in [-0.2, -0.15) is 0 Å². The van der Waals surface area contributed by atoms with Crippen LogP contribution in [-0.4, -0.2) is 38.9 Å². The van der Waals surface area contributed by atoms with Crippen LogP contribution in [0.2, 0.25) is 5.02 Å². The lowest BCUT2D eigenvalue weighted by atomic mass is 10.2. The SMILES string of the molecule is Cc1ccccc1N(CC(=O)N(C)C1CCCC1)S(=O)(=O)c1ccc(Cl)cc1. The minimum absolute atomic E-state index is 0.108. The number of aryl methyl sites for hydroxylation is 1. The van der Waals surface area contributed by atoms with Crippen LogP contribution in [0.4, 0.5) is 5.69 Å². The second-order valence-electron chi connectivity index (χ2n) is 7.20. The molecular formula is C21H25ClN2O3S. The van der Waals surface area contributed by atoms with Crippen LogP contribution >= 0.6 is 11.6 Å². The molecule has 150 valence electrons. The third kappa shape index (κ3) is 4.33. The summed E-state index contributed by atoms with van der Waals surface area (Å²) in [6, 6.07) is 13.4. The number of sulfonamides is 1. The van der Waals surface area contributed by atoms with Crippen LogP contribution in [0.1, 0.15) is 31.2 Å². The van der Waals surface area contributed by atoms with E-state index in [0.717, 1.165) is 31.2 Å². The molecule has 1 aliphatic rings. The Kier molecular flexibility index (Phi) is 6.30. The van der Waals surface area contributed by atoms with E-state index in [4.69, 9.17) is 11.6 Å². The fraction of sp³-hybridized carbons (Fsp3) is 0.381. The highest BCUT2D eigenvalue weighted by Gasteiger charge is 2.31. The molecule has 1 amide bonds. The minimum atomic E-state index is -3.92. The van der Waals surface area contributed by atoms with Gasteiger partial charge >= 0.3 is 0 Å². The molecule has 7 heteroatoms. The average molecular weight is 421 g/mol. The molecule has 0 unspecified atom stereocenters. The molecule has 2 aromatic carbocycles. The van der Waals surface area contributed by atoms with Crippen molar-refractivity contribution in [3.05, 3.63) is 59.1 Å². The van der Waals surface area contributed by atoms with Crippen LogP contribution < -0.4 is 4.31 Å². The number of benzene rings is 2. The van der Waals surface area contributed by atoms with Gasteiger partial charge in [-0.25, -0.2) is 8.42 Å². The molecule has 0 aliphatic heterocycles. The van der Waals surface area contributed by atoms with Crippen LogP contribution in [0.5, 0.6) is 0 Å². The van der Waals surface area contributed by atoms with Crippen molar-refractivity contribution in [3.63, 3.8) is 0 Å². The lowest BCUT2D eigenvalue weighted by Gasteiger charge is -2.30. The number of halogens is 1. The van der Waals surface area contributed by atoms with Gasteiger partial charge in [0.1, 0.15) is 6.54 Å². The molecule has 1 saturated carbocycles. The smallest absolute Gasteiger partial charge is 0.264 e. The minimum Gasteiger partial charge on any atom is -0.341 e. The number of amides is 1. The zero-order valence-electron chi connectivity index (χ0n) is 16.1. The second kappa shape index (κ2) is 8.53. The Hall–Kier alpha value is -2.05. The van der Waals surface area contributed by atoms with Crippen LogP contribution in [-0.2, 0) is 14.8 Å². The molecule has 1 aliphatic carbocycles. The summed E-state index contributed by atoms with van der Waals surface area (Å²) < 4.78 is 28.0. The van der Waals surface area contributed by atoms with Crippen molar-refractivity contribution in [1.82, 2.24) is 4.90 Å². The molecule has 0 N–H and O–H groups in total. The van der Waals surface area contributed by atoms with Crippen molar-refractivity contribution >= 4 is 33.2 Å². The molecule has 0 spiro atoms. The third-order valence-electron chi connectivity index (χ3n) is 5.33. The van der Waals surface area contributed by atoms with E-state index in [1.54, 1.807) is 24.1 Å². The molecule has 0 heterocycles. The Morgan fingerprint density at radius 1 is 1.07 bits per heavy atom. The number of hydrogen-bond acceptors (Lipinski definition) is 3. The topological polar surface area (TPSA) is 57.7 Å². The number of likely N-dealkylation sites (N-methyl/N-ethyl adjacent to an activating group) is 1. The van der Waals surface area contributed by atoms with Gasteiger partial charge < -0.3 is 4.90 Å². The molecular weight excluding hydrogens is 396 g/mol. The Bertz CT molecular complexity index is 938. The first-order valence-electron chi connectivity index (χ1n) is 9.40. The van der Waals surface area contributed by atoms with E-state index >= 15 is 0 Å². The molecule has 0 saturated heterocycles. The fourth-order valence-electron chi connectivity index (χ4n) is 3.61. The van der Waals surface area contributed by atoms with Gasteiger partial charge in [-0.15, -0.1) is 0 Å². The van der Waals surface area contributed by atoms with Crippen LogP contribution in [0.25, 0.3) is 0 Å². The predicted octanol–water partition coefficient (Wildman–Crippen LogP) is 4.24. The Labute approximate surface area is 172 Å². The second-order valence-corrected chi connectivity index (χ2v) is 9.49. The number of carbonyl (C=O) groups excluding carboxylic acids is 1. The monoisotopic (exact) mass is 420 g/mol. The number of hydrogen-bond donors (Lipinski definition) is 0. The summed E-state index contributed by atoms with van der Waals surface area (Å²) >= 11 is 5.91. The number of nitrogens with zero attached hydrogens (tertiary/aromatic N) is 2. The average Bonchev–Trinajstić information content (AvgIpc) is 3.21. The number of carbonyl (C=O) groups is 1. The van der Waals surface area contributed by atoms with E-state index in [1.165, 1.54) is 28.6 Å². The van der Waals surface area contributed by atoms with Crippen molar-refractivity contribution < 1.29 is 13.2 Å². The van der Waals surface area contributed by atoms with E-state index in [0.29, 0.717) is 10.7 Å². The number of anilines is 1. The van der Waals surface area contributed by atoms with Crippen molar-refractivity contribution in [2.75, 3.05) is 17.9 Å². The summed E-state index contributed by atoms with van der Waals surface area (Å²) in [5.74, 6) is -0.201. The molecule has 0 atom stereocenters. The normalized spacial score (nSPS) is 14.8. The molecule has 3 rings (SSSR count). The quantitative estimate of drug-likeness (QED) is 0.702. The third-order valence-corrected chi connectivity index (χ3v) is 7.36. The van der Waals surface area contributed by atoms with E-state index in [-0.39, 0.29) is 23.4 Å². The lowest BCUT2D eigenvalue weighted by Crippen LogP contribution is -2.44. The van der Waals surface area contributed by atoms with Crippen molar-refractivity contribution in [1.29, 1.82) is 0 Å². The van der Waals surface area contributed by atoms with Crippen LogP contribution in [0, 0.1) is 6.92 Å². The largest absolute Gasteiger partial charge is 0.341 e. The van der Waals surface area contributed by atoms with Crippen LogP contribution in [0.3, 0.4) is 0 Å². The van der Waals surface area contributed by atoms with Gasteiger partial charge in [-0.05, 0) is 55.7 Å². The molecule has 5 nitrogen and oxygen atoms in total. The highest BCUT2D eigenvalue weighted by molar-refractivity contribution is 7.92. The fourth-order valence-corrected chi connectivity index (χ4v) is 5.21. The van der Waals surface area contributed by atoms with Gasteiger partial charge in [0.2, 0.25) is 5.91 Å². The first-order valence-corrected chi connectivity index (χ1v) is 11.2. The molecule has 0 aromatic heterocycles. The maximum Gasteiger partial charge on any atom is 0.264 e. The number of para-hydroxylation sites is 1. The summed E-state index contributed by atoms with van der Waals surface area (Å²) in [6.45, 7) is 1.60. The van der Waals surface area contributed by atoms with Crippen molar-refractivity contribution in [2.45, 2.75) is 43.5 Å². The highest BCUT2D eigenvalue weighted by atomic mass is 35.5. The Morgan fingerprint density at radius 2 is 1.68 bits per heavy atom. The summed E-state index contributed by atoms with van der Waals surface area (Å²) in [4.78, 5) is 14.8. The van der Waals surface area contributed by atoms with Gasteiger partial charge in [-0.1, -0.05) is 42.6 Å². The number of rotatable bonds is 6. The summed E-state index contributed by atoms with van der Waals surface area (Å²) in [6.07, 6.45) is 4.15. The highest BCUT2D eigenvalue weighted by Crippen LogP contribution is 2.28. The Balaban J connectivity index is 1.97. The van der Waals surface area contributed by atoms with Gasteiger partial charge in [0.15, 0.2) is 0 Å². The summed E-state index contributed by atoms with van der Waals surface area (Å²) in [5, 5.41) is 0.457. The maximum atomic E-state index is 13.4. The lowest BCUT2D eigenvalue weighted by molar-refractivity contribution is -0.130. The molecule has 0 bridgehead atoms. The van der Waals surface area contributed by atoms with Gasteiger partial charge in [0.05, 0.1) is 10.6 Å². The van der Waals surface area contributed by atoms with Gasteiger partial charge in [0.25, 0.3) is 10.0 Å². The van der Waals surface area contributed by atoms with Crippen molar-refractivity contribution in [3.8, 4) is 0 Å². The Morgan fingerprint density at radius 3 is 2.29 bits per heavy atom. The van der Waals surface area contributed by atoms with Gasteiger partial charge in [-0.3, -0.25) is 9.10 Å². The first-order chi connectivity index (χ1) is 13.3. The van der Waals surface area contributed by atoms with Crippen LogP contribution in [0.15, 0.2) is 53.4 Å². The van der Waals surface area contributed by atoms with E-state index in [1.807, 2.05) is 19.1 Å². The molecule has 1 fully saturated rings. The predicted molar refractivity (Wildman–Crippen MR) is 112 cm³/mol. The van der Waals surface area contributed by atoms with E-state index in [2.05, 4.69) is 0 Å². The molecule has 2 aromatic rings. The van der Waals surface area contributed by atoms with E-state index < -0.39 is 10.0 Å². The zero-order valence-corrected chi connectivity index (χ0v) is 17.7. The summed E-state index contributed by atoms with van der Waals surface area (Å²) in [7, 11) is -2.15. The van der Waals surface area contributed by atoms with Crippen molar-refractivity contribution in [2.24, 2.45) is 0 Å². The first kappa shape index (κ1) is 20.7. The molecule has 28 heavy (non-hydrogen) atoms. The standard InChI is InChI=1S/C21H25ClN2O3S/c1-16-7-3-6-10-20(16)24(15-21(25)23(2)18-8-4-5-9-18)28(26,27)19-13-11-17(22)12-14-19/h3,6-7,10-14,18H,4-5,8-9,15H2,1-2H3. The van der Waals surface area contributed by atoms with E-state index in [9.17, 15) is 13.2 Å².